The van der Waals surface area contributed by atoms with Gasteiger partial charge < -0.3 is 10.3 Å². The van der Waals surface area contributed by atoms with Crippen molar-refractivity contribution in [3.63, 3.8) is 0 Å². The minimum atomic E-state index is -0.476. The number of pyridine rings is 2. The maximum absolute atomic E-state index is 12.3. The number of nitrogens with zero attached hydrogens (tertiary/aromatic N) is 3. The second kappa shape index (κ2) is 7.05. The SMILES string of the molecule is CC(C)(C)C(=O)Nc1cncc(-c2ccc3[nH]nc(-c4cc5cnccc5[nH]4)c3c2)c1. The summed E-state index contributed by atoms with van der Waals surface area (Å²) in [6.45, 7) is 5.65. The second-order valence-electron chi connectivity index (χ2n) is 8.64. The summed E-state index contributed by atoms with van der Waals surface area (Å²) in [4.78, 5) is 24.3. The van der Waals surface area contributed by atoms with Crippen molar-refractivity contribution in [3.05, 3.63) is 61.2 Å². The summed E-state index contributed by atoms with van der Waals surface area (Å²) in [7, 11) is 0. The fourth-order valence-corrected chi connectivity index (χ4v) is 3.48. The number of fused-ring (bicyclic) bond motifs is 2. The molecule has 31 heavy (non-hydrogen) atoms. The Morgan fingerprint density at radius 1 is 0.935 bits per heavy atom. The largest absolute Gasteiger partial charge is 0.353 e. The maximum Gasteiger partial charge on any atom is 0.229 e. The third kappa shape index (κ3) is 3.54. The number of nitrogens with one attached hydrogen (secondary N) is 3. The first-order chi connectivity index (χ1) is 14.9. The van der Waals surface area contributed by atoms with Gasteiger partial charge in [-0.25, -0.2) is 0 Å². The van der Waals surface area contributed by atoms with Gasteiger partial charge in [0.15, 0.2) is 0 Å². The normalized spacial score (nSPS) is 11.8. The van der Waals surface area contributed by atoms with E-state index >= 15 is 0 Å². The van der Waals surface area contributed by atoms with Gasteiger partial charge >= 0.3 is 0 Å². The zero-order chi connectivity index (χ0) is 21.6. The molecule has 0 unspecified atom stereocenters. The molecule has 154 valence electrons. The molecule has 4 aromatic heterocycles. The summed E-state index contributed by atoms with van der Waals surface area (Å²) in [6.07, 6.45) is 7.05. The second-order valence-corrected chi connectivity index (χ2v) is 8.64. The van der Waals surface area contributed by atoms with Gasteiger partial charge in [-0.05, 0) is 35.9 Å². The van der Waals surface area contributed by atoms with Crippen LogP contribution in [-0.2, 0) is 4.79 Å². The predicted octanol–water partition coefficient (Wildman–Crippen LogP) is 5.15. The molecule has 7 nitrogen and oxygen atoms in total. The summed E-state index contributed by atoms with van der Waals surface area (Å²) in [5.74, 6) is -0.0488. The zero-order valence-corrected chi connectivity index (χ0v) is 17.5. The zero-order valence-electron chi connectivity index (χ0n) is 17.5. The maximum atomic E-state index is 12.3. The molecule has 5 aromatic rings. The number of hydrogen-bond donors (Lipinski definition) is 3. The van der Waals surface area contributed by atoms with E-state index in [1.807, 2.05) is 51.2 Å². The lowest BCUT2D eigenvalue weighted by Crippen LogP contribution is -2.27. The van der Waals surface area contributed by atoms with Gasteiger partial charge in [-0.15, -0.1) is 0 Å². The van der Waals surface area contributed by atoms with Crippen LogP contribution in [0.1, 0.15) is 20.8 Å². The number of rotatable bonds is 3. The van der Waals surface area contributed by atoms with E-state index in [0.717, 1.165) is 44.3 Å². The number of amides is 1. The summed E-state index contributed by atoms with van der Waals surface area (Å²) < 4.78 is 0. The van der Waals surface area contributed by atoms with Crippen molar-refractivity contribution < 1.29 is 4.79 Å². The molecule has 0 spiro atoms. The molecular formula is C24H22N6O. The van der Waals surface area contributed by atoms with E-state index in [-0.39, 0.29) is 5.91 Å². The Morgan fingerprint density at radius 2 is 1.81 bits per heavy atom. The molecule has 4 heterocycles. The first kappa shape index (κ1) is 19.0. The Hall–Kier alpha value is -4.00. The van der Waals surface area contributed by atoms with Gasteiger partial charge in [0.05, 0.1) is 23.1 Å². The highest BCUT2D eigenvalue weighted by molar-refractivity contribution is 5.98. The molecule has 0 saturated heterocycles. The first-order valence-electron chi connectivity index (χ1n) is 10.1. The van der Waals surface area contributed by atoms with Crippen molar-refractivity contribution in [1.82, 2.24) is 25.1 Å². The van der Waals surface area contributed by atoms with E-state index in [9.17, 15) is 4.79 Å². The lowest BCUT2D eigenvalue weighted by molar-refractivity contribution is -0.123. The number of aromatic amines is 2. The summed E-state index contributed by atoms with van der Waals surface area (Å²) in [5.41, 5.74) is 5.84. The van der Waals surface area contributed by atoms with Gasteiger partial charge in [-0.3, -0.25) is 19.9 Å². The Morgan fingerprint density at radius 3 is 2.61 bits per heavy atom. The molecule has 0 saturated carbocycles. The van der Waals surface area contributed by atoms with Gasteiger partial charge in [0.25, 0.3) is 0 Å². The number of benzene rings is 1. The highest BCUT2D eigenvalue weighted by Crippen LogP contribution is 2.32. The van der Waals surface area contributed by atoms with Crippen molar-refractivity contribution >= 4 is 33.4 Å². The Balaban J connectivity index is 1.54. The van der Waals surface area contributed by atoms with Crippen molar-refractivity contribution in [3.8, 4) is 22.5 Å². The minimum Gasteiger partial charge on any atom is -0.353 e. The van der Waals surface area contributed by atoms with E-state index in [1.54, 1.807) is 18.6 Å². The van der Waals surface area contributed by atoms with Crippen molar-refractivity contribution in [1.29, 1.82) is 0 Å². The predicted molar refractivity (Wildman–Crippen MR) is 122 cm³/mol. The standard InChI is InChI=1S/C24H22N6O/c1-24(2,3)23(31)27-17-8-15(11-26-13-17)14-4-5-20-18(9-14)22(30-29-20)21-10-16-12-25-7-6-19(16)28-21/h4-13,28H,1-3H3,(H,27,31)(H,29,30). The third-order valence-corrected chi connectivity index (χ3v) is 5.25. The summed E-state index contributed by atoms with van der Waals surface area (Å²) >= 11 is 0. The van der Waals surface area contributed by atoms with Gasteiger partial charge in [0.1, 0.15) is 5.69 Å². The lowest BCUT2D eigenvalue weighted by atomic mass is 9.95. The van der Waals surface area contributed by atoms with Crippen LogP contribution in [0.4, 0.5) is 5.69 Å². The quantitative estimate of drug-likeness (QED) is 0.383. The number of carbonyl (C=O) groups is 1. The van der Waals surface area contributed by atoms with Gasteiger partial charge in [-0.2, -0.15) is 5.10 Å². The van der Waals surface area contributed by atoms with Crippen LogP contribution in [0.25, 0.3) is 44.3 Å². The van der Waals surface area contributed by atoms with E-state index in [0.29, 0.717) is 5.69 Å². The van der Waals surface area contributed by atoms with Crippen LogP contribution in [-0.4, -0.2) is 31.1 Å². The molecule has 0 atom stereocenters. The monoisotopic (exact) mass is 410 g/mol. The number of aromatic nitrogens is 5. The smallest absolute Gasteiger partial charge is 0.229 e. The summed E-state index contributed by atoms with van der Waals surface area (Å²) in [5, 5.41) is 12.6. The van der Waals surface area contributed by atoms with Crippen LogP contribution in [0.15, 0.2) is 61.2 Å². The average Bonchev–Trinajstić information content (AvgIpc) is 3.36. The van der Waals surface area contributed by atoms with Crippen molar-refractivity contribution in [2.75, 3.05) is 5.32 Å². The number of anilines is 1. The van der Waals surface area contributed by atoms with Crippen LogP contribution in [0.2, 0.25) is 0 Å². The molecule has 0 aliphatic heterocycles. The molecule has 0 radical (unpaired) electrons. The number of H-pyrrole nitrogens is 2. The van der Waals surface area contributed by atoms with Crippen LogP contribution < -0.4 is 5.32 Å². The number of hydrogen-bond acceptors (Lipinski definition) is 4. The first-order valence-corrected chi connectivity index (χ1v) is 10.1. The fourth-order valence-electron chi connectivity index (χ4n) is 3.48. The lowest BCUT2D eigenvalue weighted by Gasteiger charge is -2.17. The Kier molecular flexibility index (Phi) is 4.32. The van der Waals surface area contributed by atoms with Crippen LogP contribution in [0.5, 0.6) is 0 Å². The Bertz CT molecular complexity index is 1390. The molecule has 0 aliphatic rings. The van der Waals surface area contributed by atoms with E-state index in [1.165, 1.54) is 0 Å². The molecule has 1 amide bonds. The molecule has 0 fully saturated rings. The topological polar surface area (TPSA) is 99.3 Å². The average molecular weight is 410 g/mol. The molecule has 3 N–H and O–H groups in total. The molecular weight excluding hydrogens is 388 g/mol. The fraction of sp³-hybridized carbons (Fsp3) is 0.167. The minimum absolute atomic E-state index is 0.0488. The van der Waals surface area contributed by atoms with Gasteiger partial charge in [0, 0.05) is 45.9 Å². The molecule has 7 heteroatoms. The van der Waals surface area contributed by atoms with E-state index < -0.39 is 5.41 Å². The van der Waals surface area contributed by atoms with Crippen molar-refractivity contribution in [2.45, 2.75) is 20.8 Å². The van der Waals surface area contributed by atoms with Crippen LogP contribution in [0, 0.1) is 5.41 Å². The highest BCUT2D eigenvalue weighted by Gasteiger charge is 2.21. The Labute approximate surface area is 178 Å². The van der Waals surface area contributed by atoms with Crippen LogP contribution >= 0.6 is 0 Å². The van der Waals surface area contributed by atoms with Gasteiger partial charge in [0.2, 0.25) is 5.91 Å². The molecule has 0 aliphatic carbocycles. The molecule has 1 aromatic carbocycles. The van der Waals surface area contributed by atoms with Crippen LogP contribution in [0.3, 0.4) is 0 Å². The van der Waals surface area contributed by atoms with E-state index in [2.05, 4.69) is 42.6 Å². The summed E-state index contributed by atoms with van der Waals surface area (Å²) in [6, 6.07) is 12.0. The third-order valence-electron chi connectivity index (χ3n) is 5.25. The number of carbonyl (C=O) groups excluding carboxylic acids is 1. The molecule has 0 bridgehead atoms. The molecule has 5 rings (SSSR count). The van der Waals surface area contributed by atoms with Gasteiger partial charge in [-0.1, -0.05) is 26.8 Å². The highest BCUT2D eigenvalue weighted by atomic mass is 16.2. The van der Waals surface area contributed by atoms with E-state index in [4.69, 9.17) is 0 Å². The van der Waals surface area contributed by atoms with Crippen molar-refractivity contribution in [2.24, 2.45) is 5.41 Å².